The maximum absolute atomic E-state index is 13.4. The zero-order valence-electron chi connectivity index (χ0n) is 10.0. The highest BCUT2D eigenvalue weighted by Gasteiger charge is 2.23. The summed E-state index contributed by atoms with van der Waals surface area (Å²) in [5, 5.41) is 0. The number of nitrogen functional groups attached to an aromatic ring is 1. The molecule has 1 heterocycles. The fourth-order valence-corrected chi connectivity index (χ4v) is 3.14. The van der Waals surface area contributed by atoms with E-state index >= 15 is 0 Å². The number of hydrogen-bond donors (Lipinski definition) is 1. The van der Waals surface area contributed by atoms with Gasteiger partial charge in [-0.05, 0) is 0 Å². The molecule has 5 nitrogen and oxygen atoms in total. The van der Waals surface area contributed by atoms with Gasteiger partial charge in [0.25, 0.3) is 0 Å². The summed E-state index contributed by atoms with van der Waals surface area (Å²) in [7, 11) is -1.57. The van der Waals surface area contributed by atoms with Crippen LogP contribution in [0.3, 0.4) is 0 Å². The van der Waals surface area contributed by atoms with Gasteiger partial charge in [-0.1, -0.05) is 0 Å². The van der Waals surface area contributed by atoms with Crippen molar-refractivity contribution < 1.29 is 17.5 Å². The predicted octanol–water partition coefficient (Wildman–Crippen LogP) is 0.651. The molecule has 1 saturated heterocycles. The van der Waals surface area contributed by atoms with E-state index in [1.165, 1.54) is 19.2 Å². The number of sulfone groups is 1. The topological polar surface area (TPSA) is 72.6 Å². The van der Waals surface area contributed by atoms with Crippen molar-refractivity contribution >= 4 is 21.2 Å². The Kier molecular flexibility index (Phi) is 3.34. The average molecular weight is 274 g/mol. The zero-order chi connectivity index (χ0) is 13.3. The van der Waals surface area contributed by atoms with E-state index in [-0.39, 0.29) is 22.9 Å². The Morgan fingerprint density at radius 1 is 1.33 bits per heavy atom. The largest absolute Gasteiger partial charge is 0.494 e. The van der Waals surface area contributed by atoms with Crippen LogP contribution in [0.1, 0.15) is 0 Å². The smallest absolute Gasteiger partial charge is 0.167 e. The Morgan fingerprint density at radius 3 is 2.50 bits per heavy atom. The molecule has 1 aromatic rings. The van der Waals surface area contributed by atoms with E-state index in [0.29, 0.717) is 18.8 Å². The second kappa shape index (κ2) is 4.64. The van der Waals surface area contributed by atoms with Crippen LogP contribution in [0.25, 0.3) is 0 Å². The second-order valence-corrected chi connectivity index (χ2v) is 6.49. The van der Waals surface area contributed by atoms with E-state index in [1.807, 2.05) is 4.90 Å². The summed E-state index contributed by atoms with van der Waals surface area (Å²) in [6.45, 7) is 0.725. The van der Waals surface area contributed by atoms with Gasteiger partial charge in [0, 0.05) is 25.2 Å². The Labute approximate surface area is 105 Å². The van der Waals surface area contributed by atoms with Crippen LogP contribution in [0.4, 0.5) is 15.8 Å². The quantitative estimate of drug-likeness (QED) is 0.802. The first-order valence-electron chi connectivity index (χ1n) is 5.51. The van der Waals surface area contributed by atoms with Gasteiger partial charge in [0.15, 0.2) is 21.4 Å². The minimum Gasteiger partial charge on any atom is -0.494 e. The SMILES string of the molecule is COc1cc(N2CCS(=O)(=O)CC2)c(N)cc1F. The fourth-order valence-electron chi connectivity index (χ4n) is 1.94. The Hall–Kier alpha value is -1.50. The molecule has 1 fully saturated rings. The lowest BCUT2D eigenvalue weighted by Gasteiger charge is -2.30. The number of benzene rings is 1. The van der Waals surface area contributed by atoms with Crippen molar-refractivity contribution in [2.45, 2.75) is 0 Å². The summed E-state index contributed by atoms with van der Waals surface area (Å²) < 4.78 is 41.0. The monoisotopic (exact) mass is 274 g/mol. The Bertz CT molecular complexity index is 546. The van der Waals surface area contributed by atoms with Crippen LogP contribution >= 0.6 is 0 Å². The first-order valence-corrected chi connectivity index (χ1v) is 7.33. The molecule has 0 unspecified atom stereocenters. The highest BCUT2D eigenvalue weighted by atomic mass is 32.2. The van der Waals surface area contributed by atoms with Gasteiger partial charge < -0.3 is 15.4 Å². The van der Waals surface area contributed by atoms with Gasteiger partial charge in [-0.2, -0.15) is 0 Å². The molecule has 0 saturated carbocycles. The van der Waals surface area contributed by atoms with Crippen LogP contribution in [-0.2, 0) is 9.84 Å². The molecule has 0 amide bonds. The van der Waals surface area contributed by atoms with Gasteiger partial charge >= 0.3 is 0 Å². The lowest BCUT2D eigenvalue weighted by molar-refractivity contribution is 0.386. The molecule has 1 aliphatic heterocycles. The highest BCUT2D eigenvalue weighted by Crippen LogP contribution is 2.31. The van der Waals surface area contributed by atoms with E-state index in [2.05, 4.69) is 0 Å². The number of nitrogens with zero attached hydrogens (tertiary/aromatic N) is 1. The van der Waals surface area contributed by atoms with E-state index in [1.54, 1.807) is 0 Å². The fraction of sp³-hybridized carbons (Fsp3) is 0.455. The third-order valence-electron chi connectivity index (χ3n) is 2.99. The molecule has 0 radical (unpaired) electrons. The molecule has 0 bridgehead atoms. The molecule has 2 N–H and O–H groups in total. The minimum absolute atomic E-state index is 0.0894. The standard InChI is InChI=1S/C11H15FN2O3S/c1-17-11-7-10(9(13)6-8(11)12)14-2-4-18(15,16)5-3-14/h6-7H,2-5,13H2,1H3. The van der Waals surface area contributed by atoms with Crippen LogP contribution < -0.4 is 15.4 Å². The van der Waals surface area contributed by atoms with E-state index in [9.17, 15) is 12.8 Å². The molecular formula is C11H15FN2O3S. The van der Waals surface area contributed by atoms with Crippen molar-refractivity contribution in [3.05, 3.63) is 17.9 Å². The Morgan fingerprint density at radius 2 is 1.94 bits per heavy atom. The zero-order valence-corrected chi connectivity index (χ0v) is 10.8. The molecule has 2 rings (SSSR count). The third kappa shape index (κ3) is 2.50. The lowest BCUT2D eigenvalue weighted by Crippen LogP contribution is -2.40. The van der Waals surface area contributed by atoms with Crippen LogP contribution in [0.15, 0.2) is 12.1 Å². The molecule has 0 aromatic heterocycles. The first kappa shape index (κ1) is 12.9. The molecule has 0 spiro atoms. The maximum atomic E-state index is 13.4. The Balaban J connectivity index is 2.29. The van der Waals surface area contributed by atoms with Gasteiger partial charge in [0.1, 0.15) is 0 Å². The van der Waals surface area contributed by atoms with Crippen LogP contribution in [0.5, 0.6) is 5.75 Å². The normalized spacial score (nSPS) is 18.7. The van der Waals surface area contributed by atoms with Crippen molar-refractivity contribution in [3.8, 4) is 5.75 Å². The number of rotatable bonds is 2. The predicted molar refractivity (Wildman–Crippen MR) is 68.2 cm³/mol. The van der Waals surface area contributed by atoms with Crippen molar-refractivity contribution in [3.63, 3.8) is 0 Å². The molecule has 7 heteroatoms. The number of nitrogens with two attached hydrogens (primary N) is 1. The summed E-state index contributed by atoms with van der Waals surface area (Å²) in [5.74, 6) is -0.242. The summed E-state index contributed by atoms with van der Waals surface area (Å²) in [6, 6.07) is 2.69. The lowest BCUT2D eigenvalue weighted by atomic mass is 10.2. The molecule has 0 atom stereocenters. The van der Waals surface area contributed by atoms with Crippen LogP contribution in [0, 0.1) is 5.82 Å². The van der Waals surface area contributed by atoms with Crippen LogP contribution in [-0.4, -0.2) is 40.1 Å². The van der Waals surface area contributed by atoms with Crippen molar-refractivity contribution in [2.75, 3.05) is 42.3 Å². The van der Waals surface area contributed by atoms with Gasteiger partial charge in [-0.3, -0.25) is 0 Å². The summed E-state index contributed by atoms with van der Waals surface area (Å²) in [4.78, 5) is 1.83. The number of halogens is 1. The van der Waals surface area contributed by atoms with E-state index in [0.717, 1.165) is 0 Å². The van der Waals surface area contributed by atoms with Gasteiger partial charge in [0.2, 0.25) is 0 Å². The van der Waals surface area contributed by atoms with E-state index < -0.39 is 15.7 Å². The number of hydrogen-bond acceptors (Lipinski definition) is 5. The molecule has 100 valence electrons. The summed E-state index contributed by atoms with van der Waals surface area (Å²) >= 11 is 0. The molecule has 18 heavy (non-hydrogen) atoms. The number of anilines is 2. The van der Waals surface area contributed by atoms with Crippen LogP contribution in [0.2, 0.25) is 0 Å². The number of ether oxygens (including phenoxy) is 1. The van der Waals surface area contributed by atoms with Gasteiger partial charge in [-0.15, -0.1) is 0 Å². The van der Waals surface area contributed by atoms with Crippen molar-refractivity contribution in [1.82, 2.24) is 0 Å². The first-order chi connectivity index (χ1) is 8.43. The van der Waals surface area contributed by atoms with Gasteiger partial charge in [0.05, 0.1) is 30.0 Å². The van der Waals surface area contributed by atoms with Gasteiger partial charge in [-0.25, -0.2) is 12.8 Å². The minimum atomic E-state index is -2.95. The number of methoxy groups -OCH3 is 1. The van der Waals surface area contributed by atoms with Crippen molar-refractivity contribution in [1.29, 1.82) is 0 Å². The maximum Gasteiger partial charge on any atom is 0.167 e. The molecule has 0 aliphatic carbocycles. The summed E-state index contributed by atoms with van der Waals surface area (Å²) in [6.07, 6.45) is 0. The second-order valence-electron chi connectivity index (χ2n) is 4.18. The molecule has 1 aromatic carbocycles. The van der Waals surface area contributed by atoms with E-state index in [4.69, 9.17) is 10.5 Å². The third-order valence-corrected chi connectivity index (χ3v) is 4.60. The van der Waals surface area contributed by atoms with Crippen molar-refractivity contribution in [2.24, 2.45) is 0 Å². The molecular weight excluding hydrogens is 259 g/mol. The summed E-state index contributed by atoms with van der Waals surface area (Å²) in [5.41, 5.74) is 6.66. The highest BCUT2D eigenvalue weighted by molar-refractivity contribution is 7.91. The average Bonchev–Trinajstić information content (AvgIpc) is 2.30. The molecule has 1 aliphatic rings.